The van der Waals surface area contributed by atoms with Gasteiger partial charge in [0.05, 0.1) is 0 Å². The number of hydrogen-bond acceptors (Lipinski definition) is 4. The molecule has 0 radical (unpaired) electrons. The Balaban J connectivity index is 0.00000180. The highest BCUT2D eigenvalue weighted by molar-refractivity contribution is 7.99. The maximum Gasteiger partial charge on any atom is 0.225 e. The van der Waals surface area contributed by atoms with Gasteiger partial charge in [0.2, 0.25) is 5.91 Å². The van der Waals surface area contributed by atoms with Crippen LogP contribution in [-0.4, -0.2) is 36.3 Å². The zero-order valence-corrected chi connectivity index (χ0v) is 13.3. The molecule has 6 heteroatoms. The Kier molecular flexibility index (Phi) is 7.68. The molecule has 1 amide bonds. The normalized spacial score (nSPS) is 18.5. The van der Waals surface area contributed by atoms with Crippen molar-refractivity contribution in [2.24, 2.45) is 0 Å². The fourth-order valence-electron chi connectivity index (χ4n) is 1.86. The molecule has 1 aromatic rings. The molecule has 2 rings (SSSR count). The lowest BCUT2D eigenvalue weighted by atomic mass is 10.2. The lowest BCUT2D eigenvalue weighted by molar-refractivity contribution is -0.116. The number of thioether (sulfide) groups is 2. The number of carbonyl (C=O) groups is 1. The Bertz CT molecular complexity index is 394. The second-order valence-corrected chi connectivity index (χ2v) is 6.24. The van der Waals surface area contributed by atoms with Crippen LogP contribution >= 0.6 is 35.9 Å². The summed E-state index contributed by atoms with van der Waals surface area (Å²) in [4.78, 5) is 13.1. The second kappa shape index (κ2) is 8.74. The van der Waals surface area contributed by atoms with Crippen LogP contribution in [0.3, 0.4) is 0 Å². The van der Waals surface area contributed by atoms with E-state index in [0.29, 0.717) is 12.5 Å². The molecule has 1 aromatic carbocycles. The van der Waals surface area contributed by atoms with Crippen LogP contribution in [0, 0.1) is 0 Å². The van der Waals surface area contributed by atoms with Gasteiger partial charge in [0.15, 0.2) is 0 Å². The minimum absolute atomic E-state index is 0. The van der Waals surface area contributed by atoms with E-state index in [0.717, 1.165) is 23.7 Å². The molecule has 1 fully saturated rings. The van der Waals surface area contributed by atoms with Crippen molar-refractivity contribution in [1.29, 1.82) is 0 Å². The largest absolute Gasteiger partial charge is 0.326 e. The molecule has 1 aliphatic rings. The highest BCUT2D eigenvalue weighted by Crippen LogP contribution is 2.18. The van der Waals surface area contributed by atoms with Crippen LogP contribution in [-0.2, 0) is 4.79 Å². The van der Waals surface area contributed by atoms with E-state index in [1.165, 1.54) is 4.90 Å². The van der Waals surface area contributed by atoms with Crippen molar-refractivity contribution in [3.8, 4) is 0 Å². The van der Waals surface area contributed by atoms with Gasteiger partial charge in [0, 0.05) is 41.1 Å². The fraction of sp³-hybridized carbons (Fsp3) is 0.462. The maximum atomic E-state index is 11.9. The second-order valence-electron chi connectivity index (χ2n) is 4.21. The van der Waals surface area contributed by atoms with E-state index in [-0.39, 0.29) is 18.3 Å². The highest BCUT2D eigenvalue weighted by Gasteiger charge is 2.16. The van der Waals surface area contributed by atoms with E-state index in [9.17, 15) is 4.79 Å². The minimum Gasteiger partial charge on any atom is -0.326 e. The van der Waals surface area contributed by atoms with E-state index < -0.39 is 0 Å². The van der Waals surface area contributed by atoms with E-state index in [1.54, 1.807) is 11.8 Å². The van der Waals surface area contributed by atoms with Crippen LogP contribution in [0.15, 0.2) is 29.2 Å². The van der Waals surface area contributed by atoms with Crippen LogP contribution < -0.4 is 10.6 Å². The number of hydrogen-bond donors (Lipinski definition) is 2. The third-order valence-electron chi connectivity index (χ3n) is 2.80. The predicted molar refractivity (Wildman–Crippen MR) is 87.8 cm³/mol. The van der Waals surface area contributed by atoms with Crippen molar-refractivity contribution in [1.82, 2.24) is 5.32 Å². The molecule has 0 spiro atoms. The summed E-state index contributed by atoms with van der Waals surface area (Å²) in [6.07, 6.45) is 2.59. The molecule has 1 atom stereocenters. The molecule has 19 heavy (non-hydrogen) atoms. The molecule has 1 heterocycles. The topological polar surface area (TPSA) is 41.1 Å². The zero-order chi connectivity index (χ0) is 12.8. The minimum atomic E-state index is 0. The Morgan fingerprint density at radius 3 is 2.79 bits per heavy atom. The third-order valence-corrected chi connectivity index (χ3v) is 4.68. The number of rotatable bonds is 4. The molecule has 3 nitrogen and oxygen atoms in total. The molecule has 1 saturated heterocycles. The number of halogens is 1. The Labute approximate surface area is 129 Å². The van der Waals surface area contributed by atoms with E-state index >= 15 is 0 Å². The summed E-state index contributed by atoms with van der Waals surface area (Å²) in [5.74, 6) is 2.26. The molecule has 106 valence electrons. The van der Waals surface area contributed by atoms with Crippen molar-refractivity contribution in [3.63, 3.8) is 0 Å². The number of benzene rings is 1. The van der Waals surface area contributed by atoms with Crippen molar-refractivity contribution < 1.29 is 4.79 Å². The SMILES string of the molecule is CSc1ccc(NC(=O)CC2CSCCN2)cc1.Cl. The van der Waals surface area contributed by atoms with Crippen molar-refractivity contribution >= 4 is 47.5 Å². The molecule has 1 unspecified atom stereocenters. The maximum absolute atomic E-state index is 11.9. The molecular formula is C13H19ClN2OS2. The first-order chi connectivity index (χ1) is 8.78. The number of nitrogens with one attached hydrogen (secondary N) is 2. The smallest absolute Gasteiger partial charge is 0.225 e. The predicted octanol–water partition coefficient (Wildman–Crippen LogP) is 2.86. The first-order valence-electron chi connectivity index (χ1n) is 6.03. The average Bonchev–Trinajstić information content (AvgIpc) is 2.40. The lowest BCUT2D eigenvalue weighted by Crippen LogP contribution is -2.39. The Hall–Kier alpha value is -0.360. The summed E-state index contributed by atoms with van der Waals surface area (Å²) >= 11 is 3.61. The van der Waals surface area contributed by atoms with Crippen LogP contribution in [0.4, 0.5) is 5.69 Å². The van der Waals surface area contributed by atoms with Gasteiger partial charge in [-0.25, -0.2) is 0 Å². The van der Waals surface area contributed by atoms with Gasteiger partial charge in [-0.15, -0.1) is 24.2 Å². The van der Waals surface area contributed by atoms with Gasteiger partial charge in [0.25, 0.3) is 0 Å². The van der Waals surface area contributed by atoms with Gasteiger partial charge in [-0.3, -0.25) is 4.79 Å². The number of amides is 1. The quantitative estimate of drug-likeness (QED) is 0.838. The summed E-state index contributed by atoms with van der Waals surface area (Å²) in [7, 11) is 0. The molecule has 0 bridgehead atoms. The van der Waals surface area contributed by atoms with Gasteiger partial charge in [-0.05, 0) is 30.5 Å². The number of anilines is 1. The van der Waals surface area contributed by atoms with E-state index in [4.69, 9.17) is 0 Å². The van der Waals surface area contributed by atoms with Gasteiger partial charge >= 0.3 is 0 Å². The van der Waals surface area contributed by atoms with Crippen LogP contribution in [0.2, 0.25) is 0 Å². The van der Waals surface area contributed by atoms with Gasteiger partial charge in [0.1, 0.15) is 0 Å². The Morgan fingerprint density at radius 2 is 2.21 bits per heavy atom. The van der Waals surface area contributed by atoms with Gasteiger partial charge in [-0.1, -0.05) is 0 Å². The van der Waals surface area contributed by atoms with Crippen molar-refractivity contribution in [2.75, 3.05) is 29.6 Å². The molecule has 0 aliphatic carbocycles. The molecule has 0 saturated carbocycles. The van der Waals surface area contributed by atoms with E-state index in [2.05, 4.69) is 10.6 Å². The molecule has 2 N–H and O–H groups in total. The van der Waals surface area contributed by atoms with E-state index in [1.807, 2.05) is 42.3 Å². The highest BCUT2D eigenvalue weighted by atomic mass is 35.5. The monoisotopic (exact) mass is 318 g/mol. The first-order valence-corrected chi connectivity index (χ1v) is 8.41. The number of carbonyl (C=O) groups excluding carboxylic acids is 1. The summed E-state index contributed by atoms with van der Waals surface area (Å²) in [6, 6.07) is 8.26. The fourth-order valence-corrected chi connectivity index (χ4v) is 3.22. The summed E-state index contributed by atoms with van der Waals surface area (Å²) in [5, 5.41) is 6.31. The lowest BCUT2D eigenvalue weighted by Gasteiger charge is -2.22. The standard InChI is InChI=1S/C13H18N2OS2.ClH/c1-17-12-4-2-10(3-5-12)15-13(16)8-11-9-18-7-6-14-11;/h2-5,11,14H,6-9H2,1H3,(H,15,16);1H. The molecular weight excluding hydrogens is 300 g/mol. The van der Waals surface area contributed by atoms with Crippen molar-refractivity contribution in [3.05, 3.63) is 24.3 Å². The summed E-state index contributed by atoms with van der Waals surface area (Å²) in [5.41, 5.74) is 0.876. The van der Waals surface area contributed by atoms with Crippen LogP contribution in [0.25, 0.3) is 0 Å². The summed E-state index contributed by atoms with van der Waals surface area (Å²) in [6.45, 7) is 1.00. The zero-order valence-electron chi connectivity index (χ0n) is 10.8. The average molecular weight is 319 g/mol. The molecule has 1 aliphatic heterocycles. The van der Waals surface area contributed by atoms with Crippen LogP contribution in [0.1, 0.15) is 6.42 Å². The Morgan fingerprint density at radius 1 is 1.47 bits per heavy atom. The van der Waals surface area contributed by atoms with Crippen molar-refractivity contribution in [2.45, 2.75) is 17.4 Å². The van der Waals surface area contributed by atoms with Gasteiger partial charge in [-0.2, -0.15) is 11.8 Å². The molecule has 0 aromatic heterocycles. The third kappa shape index (κ3) is 5.65. The van der Waals surface area contributed by atoms with Crippen LogP contribution in [0.5, 0.6) is 0 Å². The first kappa shape index (κ1) is 16.7. The van der Waals surface area contributed by atoms with Gasteiger partial charge < -0.3 is 10.6 Å². The summed E-state index contributed by atoms with van der Waals surface area (Å²) < 4.78 is 0.